The van der Waals surface area contributed by atoms with Crippen molar-refractivity contribution in [1.29, 1.82) is 0 Å². The van der Waals surface area contributed by atoms with Crippen molar-refractivity contribution in [3.8, 4) is 10.6 Å². The minimum atomic E-state index is -0.193. The number of ether oxygens (including phenoxy) is 2. The van der Waals surface area contributed by atoms with Gasteiger partial charge in [0, 0.05) is 31.9 Å². The van der Waals surface area contributed by atoms with Crippen LogP contribution in [-0.2, 0) is 16.0 Å². The van der Waals surface area contributed by atoms with Crippen LogP contribution in [0.4, 0.5) is 0 Å². The Labute approximate surface area is 123 Å². The molecule has 0 bridgehead atoms. The summed E-state index contributed by atoms with van der Waals surface area (Å²) in [6, 6.07) is 4.13. The molecule has 0 fully saturated rings. The predicted molar refractivity (Wildman–Crippen MR) is 80.6 cm³/mol. The number of H-pyrrole nitrogens is 1. The van der Waals surface area contributed by atoms with Gasteiger partial charge in [-0.2, -0.15) is 5.10 Å². The van der Waals surface area contributed by atoms with Gasteiger partial charge in [-0.1, -0.05) is 6.07 Å². The number of rotatable bonds is 9. The number of aromatic amines is 1. The van der Waals surface area contributed by atoms with E-state index in [0.29, 0.717) is 19.8 Å². The summed E-state index contributed by atoms with van der Waals surface area (Å²) in [5, 5.41) is 12.6. The van der Waals surface area contributed by atoms with Crippen LogP contribution in [0.15, 0.2) is 23.7 Å². The Hall–Kier alpha value is -1.21. The molecule has 0 aliphatic rings. The highest BCUT2D eigenvalue weighted by atomic mass is 32.1. The van der Waals surface area contributed by atoms with Gasteiger partial charge in [0.1, 0.15) is 0 Å². The quantitative estimate of drug-likeness (QED) is 0.698. The van der Waals surface area contributed by atoms with Crippen molar-refractivity contribution in [2.45, 2.75) is 26.7 Å². The lowest BCUT2D eigenvalue weighted by Gasteiger charge is -2.17. The number of hydrogen-bond donors (Lipinski definition) is 2. The van der Waals surface area contributed by atoms with Gasteiger partial charge < -0.3 is 14.8 Å². The zero-order valence-corrected chi connectivity index (χ0v) is 12.7. The third-order valence-corrected chi connectivity index (χ3v) is 3.70. The lowest BCUT2D eigenvalue weighted by molar-refractivity contribution is -0.133. The van der Waals surface area contributed by atoms with Crippen molar-refractivity contribution in [2.24, 2.45) is 0 Å². The third kappa shape index (κ3) is 4.14. The Balaban J connectivity index is 1.87. The second-order valence-corrected chi connectivity index (χ2v) is 5.17. The van der Waals surface area contributed by atoms with Crippen LogP contribution in [0.2, 0.25) is 0 Å². The molecule has 20 heavy (non-hydrogen) atoms. The first-order valence-corrected chi connectivity index (χ1v) is 7.73. The maximum Gasteiger partial charge on any atom is 0.169 e. The van der Waals surface area contributed by atoms with E-state index in [4.69, 9.17) is 9.47 Å². The highest BCUT2D eigenvalue weighted by Crippen LogP contribution is 2.25. The molecule has 0 saturated carbocycles. The number of nitrogens with one attached hydrogen (secondary N) is 2. The molecule has 110 valence electrons. The number of aromatic nitrogens is 2. The summed E-state index contributed by atoms with van der Waals surface area (Å²) < 4.78 is 11.0. The Morgan fingerprint density at radius 2 is 2.15 bits per heavy atom. The summed E-state index contributed by atoms with van der Waals surface area (Å²) in [5.41, 5.74) is 2.23. The Bertz CT molecular complexity index is 478. The van der Waals surface area contributed by atoms with Gasteiger partial charge in [-0.05, 0) is 25.3 Å². The van der Waals surface area contributed by atoms with Crippen LogP contribution in [-0.4, -0.2) is 36.2 Å². The highest BCUT2D eigenvalue weighted by Gasteiger charge is 2.10. The van der Waals surface area contributed by atoms with E-state index >= 15 is 0 Å². The molecular weight excluding hydrogens is 274 g/mol. The van der Waals surface area contributed by atoms with Gasteiger partial charge in [-0.3, -0.25) is 5.10 Å². The molecule has 0 radical (unpaired) electrons. The van der Waals surface area contributed by atoms with E-state index in [1.54, 1.807) is 11.3 Å². The van der Waals surface area contributed by atoms with Gasteiger partial charge in [-0.15, -0.1) is 11.3 Å². The second-order valence-electron chi connectivity index (χ2n) is 4.22. The van der Waals surface area contributed by atoms with Crippen molar-refractivity contribution in [2.75, 3.05) is 19.8 Å². The van der Waals surface area contributed by atoms with Crippen LogP contribution in [0.3, 0.4) is 0 Å². The molecule has 0 saturated heterocycles. The zero-order chi connectivity index (χ0) is 14.2. The summed E-state index contributed by atoms with van der Waals surface area (Å²) in [4.78, 5) is 1.20. The van der Waals surface area contributed by atoms with E-state index < -0.39 is 0 Å². The van der Waals surface area contributed by atoms with Crippen molar-refractivity contribution in [1.82, 2.24) is 15.5 Å². The standard InChI is InChI=1S/C14H21N3O2S/c1-3-18-13(19-4-2)10-15-8-11-9-16-17-14(11)12-6-5-7-20-12/h5-7,9,13,15H,3-4,8,10H2,1-2H3,(H,16,17). The lowest BCUT2D eigenvalue weighted by Crippen LogP contribution is -2.31. The Morgan fingerprint density at radius 3 is 2.80 bits per heavy atom. The number of thiophene rings is 1. The topological polar surface area (TPSA) is 59.2 Å². The monoisotopic (exact) mass is 295 g/mol. The van der Waals surface area contributed by atoms with E-state index in [1.807, 2.05) is 26.1 Å². The lowest BCUT2D eigenvalue weighted by atomic mass is 10.2. The fourth-order valence-electron chi connectivity index (χ4n) is 1.94. The molecule has 2 heterocycles. The van der Waals surface area contributed by atoms with Crippen molar-refractivity contribution < 1.29 is 9.47 Å². The molecule has 5 nitrogen and oxygen atoms in total. The largest absolute Gasteiger partial charge is 0.352 e. The molecule has 0 aromatic carbocycles. The van der Waals surface area contributed by atoms with Gasteiger partial charge in [0.25, 0.3) is 0 Å². The van der Waals surface area contributed by atoms with E-state index in [9.17, 15) is 0 Å². The molecule has 6 heteroatoms. The summed E-state index contributed by atoms with van der Waals surface area (Å²) in [7, 11) is 0. The van der Waals surface area contributed by atoms with Crippen molar-refractivity contribution in [3.05, 3.63) is 29.3 Å². The van der Waals surface area contributed by atoms with Crippen LogP contribution in [0.5, 0.6) is 0 Å². The highest BCUT2D eigenvalue weighted by molar-refractivity contribution is 7.13. The molecule has 2 rings (SSSR count). The molecule has 0 amide bonds. The molecule has 0 unspecified atom stereocenters. The first-order chi connectivity index (χ1) is 9.85. The van der Waals surface area contributed by atoms with Gasteiger partial charge in [0.15, 0.2) is 6.29 Å². The average Bonchev–Trinajstić information content (AvgIpc) is 3.09. The second kappa shape index (κ2) is 8.16. The first-order valence-electron chi connectivity index (χ1n) is 6.85. The normalized spacial score (nSPS) is 11.3. The minimum absolute atomic E-state index is 0.193. The van der Waals surface area contributed by atoms with Crippen molar-refractivity contribution >= 4 is 11.3 Å². The predicted octanol–water partition coefficient (Wildman–Crippen LogP) is 2.63. The van der Waals surface area contributed by atoms with Crippen molar-refractivity contribution in [3.63, 3.8) is 0 Å². The smallest absolute Gasteiger partial charge is 0.169 e. The Kier molecular flexibility index (Phi) is 6.20. The molecule has 0 aliphatic carbocycles. The molecule has 2 N–H and O–H groups in total. The molecule has 2 aromatic heterocycles. The maximum absolute atomic E-state index is 5.50. The van der Waals surface area contributed by atoms with Gasteiger partial charge in [-0.25, -0.2) is 0 Å². The van der Waals surface area contributed by atoms with Crippen LogP contribution in [0, 0.1) is 0 Å². The summed E-state index contributed by atoms with van der Waals surface area (Å²) in [6.07, 6.45) is 1.67. The minimum Gasteiger partial charge on any atom is -0.352 e. The molecule has 2 aromatic rings. The van der Waals surface area contributed by atoms with E-state index in [0.717, 1.165) is 17.8 Å². The van der Waals surface area contributed by atoms with Gasteiger partial charge >= 0.3 is 0 Å². The fourth-order valence-corrected chi connectivity index (χ4v) is 2.70. The molecule has 0 aliphatic heterocycles. The fraction of sp³-hybridized carbons (Fsp3) is 0.500. The molecule has 0 spiro atoms. The van der Waals surface area contributed by atoms with Crippen LogP contribution < -0.4 is 5.32 Å². The van der Waals surface area contributed by atoms with Gasteiger partial charge in [0.2, 0.25) is 0 Å². The summed E-state index contributed by atoms with van der Waals surface area (Å²) >= 11 is 1.70. The van der Waals surface area contributed by atoms with Gasteiger partial charge in [0.05, 0.1) is 16.8 Å². The average molecular weight is 295 g/mol. The first kappa shape index (κ1) is 15.2. The number of hydrogen-bond acceptors (Lipinski definition) is 5. The Morgan fingerprint density at radius 1 is 1.35 bits per heavy atom. The maximum atomic E-state index is 5.50. The third-order valence-electron chi connectivity index (χ3n) is 2.82. The summed E-state index contributed by atoms with van der Waals surface area (Å²) in [5.74, 6) is 0. The van der Waals surface area contributed by atoms with Crippen LogP contribution in [0.25, 0.3) is 10.6 Å². The zero-order valence-electron chi connectivity index (χ0n) is 11.9. The van der Waals surface area contributed by atoms with E-state index in [1.165, 1.54) is 4.88 Å². The van der Waals surface area contributed by atoms with E-state index in [2.05, 4.69) is 27.0 Å². The van der Waals surface area contributed by atoms with Crippen LogP contribution >= 0.6 is 11.3 Å². The summed E-state index contributed by atoms with van der Waals surface area (Å²) in [6.45, 7) is 6.64. The molecular formula is C14H21N3O2S. The molecule has 0 atom stereocenters. The van der Waals surface area contributed by atoms with E-state index in [-0.39, 0.29) is 6.29 Å². The number of nitrogens with zero attached hydrogens (tertiary/aromatic N) is 1. The van der Waals surface area contributed by atoms with Crippen LogP contribution in [0.1, 0.15) is 19.4 Å². The SMILES string of the molecule is CCOC(CNCc1cn[nH]c1-c1cccs1)OCC.